The van der Waals surface area contributed by atoms with Crippen LogP contribution in [0, 0.1) is 23.5 Å². The smallest absolute Gasteiger partial charge is 0.126 e. The molecule has 3 heteroatoms. The van der Waals surface area contributed by atoms with Crippen LogP contribution in [0.15, 0.2) is 18.2 Å². The van der Waals surface area contributed by atoms with Gasteiger partial charge >= 0.3 is 0 Å². The summed E-state index contributed by atoms with van der Waals surface area (Å²) in [6.45, 7) is 7.51. The van der Waals surface area contributed by atoms with E-state index in [1.807, 2.05) is 0 Å². The van der Waals surface area contributed by atoms with Crippen LogP contribution in [0.25, 0.3) is 0 Å². The van der Waals surface area contributed by atoms with Gasteiger partial charge in [0.15, 0.2) is 0 Å². The Kier molecular flexibility index (Phi) is 5.37. The van der Waals surface area contributed by atoms with Gasteiger partial charge in [0, 0.05) is 11.6 Å². The van der Waals surface area contributed by atoms with Gasteiger partial charge in [-0.05, 0) is 76.1 Å². The quantitative estimate of drug-likeness (QED) is 0.849. The fraction of sp³-hybridized carbons (Fsp3) is 0.667. The van der Waals surface area contributed by atoms with Crippen molar-refractivity contribution in [1.82, 2.24) is 5.32 Å². The van der Waals surface area contributed by atoms with Crippen LogP contribution in [-0.2, 0) is 6.42 Å². The van der Waals surface area contributed by atoms with E-state index in [0.29, 0.717) is 11.8 Å². The normalized spacial score (nSPS) is 23.3. The number of nitrogens with one attached hydrogen (secondary N) is 1. The van der Waals surface area contributed by atoms with Crippen LogP contribution < -0.4 is 5.32 Å². The second-order valence-corrected chi connectivity index (χ2v) is 7.42. The number of rotatable bonds is 4. The minimum Gasteiger partial charge on any atom is -0.312 e. The molecule has 1 saturated carbocycles. The molecule has 118 valence electrons. The third-order valence-electron chi connectivity index (χ3n) is 4.38. The van der Waals surface area contributed by atoms with Crippen molar-refractivity contribution in [3.63, 3.8) is 0 Å². The molecule has 0 heterocycles. The molecule has 1 fully saturated rings. The molecule has 1 aromatic carbocycles. The molecule has 0 amide bonds. The van der Waals surface area contributed by atoms with Crippen molar-refractivity contribution in [2.45, 2.75) is 58.4 Å². The summed E-state index contributed by atoms with van der Waals surface area (Å²) < 4.78 is 26.7. The standard InChI is InChI=1S/C18H27F2N/c1-18(2,3)21-12-15-7-5-4-6-14(15)8-13-9-16(19)11-17(20)10-13/h9-11,14-15,21H,4-8,12H2,1-3H3. The highest BCUT2D eigenvalue weighted by Gasteiger charge is 2.26. The van der Waals surface area contributed by atoms with E-state index in [0.717, 1.165) is 31.0 Å². The SMILES string of the molecule is CC(C)(C)NCC1CCCCC1Cc1cc(F)cc(F)c1. The first kappa shape index (κ1) is 16.4. The van der Waals surface area contributed by atoms with Crippen LogP contribution in [0.2, 0.25) is 0 Å². The minimum atomic E-state index is -0.467. The highest BCUT2D eigenvalue weighted by molar-refractivity contribution is 5.18. The lowest BCUT2D eigenvalue weighted by atomic mass is 9.76. The zero-order chi connectivity index (χ0) is 15.5. The Labute approximate surface area is 127 Å². The van der Waals surface area contributed by atoms with Crippen LogP contribution in [0.1, 0.15) is 52.0 Å². The summed E-state index contributed by atoms with van der Waals surface area (Å²) in [6, 6.07) is 3.90. The summed E-state index contributed by atoms with van der Waals surface area (Å²) in [5.41, 5.74) is 0.910. The summed E-state index contributed by atoms with van der Waals surface area (Å²) in [4.78, 5) is 0. The predicted molar refractivity (Wildman–Crippen MR) is 83.3 cm³/mol. The maximum atomic E-state index is 13.3. The molecule has 0 aliphatic heterocycles. The second-order valence-electron chi connectivity index (χ2n) is 7.42. The Hall–Kier alpha value is -0.960. The summed E-state index contributed by atoms with van der Waals surface area (Å²) >= 11 is 0. The molecular weight excluding hydrogens is 268 g/mol. The van der Waals surface area contributed by atoms with Gasteiger partial charge in [-0.15, -0.1) is 0 Å². The van der Waals surface area contributed by atoms with E-state index in [-0.39, 0.29) is 5.54 Å². The molecule has 0 aromatic heterocycles. The molecule has 1 aromatic rings. The first-order chi connectivity index (χ1) is 9.83. The molecule has 1 aliphatic carbocycles. The number of hydrogen-bond acceptors (Lipinski definition) is 1. The molecule has 0 saturated heterocycles. The Morgan fingerprint density at radius 1 is 1.00 bits per heavy atom. The monoisotopic (exact) mass is 295 g/mol. The van der Waals surface area contributed by atoms with E-state index < -0.39 is 11.6 Å². The van der Waals surface area contributed by atoms with Gasteiger partial charge in [0.25, 0.3) is 0 Å². The lowest BCUT2D eigenvalue weighted by molar-refractivity contribution is 0.213. The van der Waals surface area contributed by atoms with Gasteiger partial charge in [-0.2, -0.15) is 0 Å². The van der Waals surface area contributed by atoms with E-state index in [9.17, 15) is 8.78 Å². The van der Waals surface area contributed by atoms with Gasteiger partial charge in [0.2, 0.25) is 0 Å². The minimum absolute atomic E-state index is 0.118. The van der Waals surface area contributed by atoms with Gasteiger partial charge in [0.1, 0.15) is 11.6 Å². The third-order valence-corrected chi connectivity index (χ3v) is 4.38. The first-order valence-corrected chi connectivity index (χ1v) is 8.03. The second kappa shape index (κ2) is 6.87. The Morgan fingerprint density at radius 3 is 2.14 bits per heavy atom. The number of benzene rings is 1. The molecule has 2 atom stereocenters. The van der Waals surface area contributed by atoms with Crippen LogP contribution in [0.5, 0.6) is 0 Å². The van der Waals surface area contributed by atoms with Crippen LogP contribution in [0.4, 0.5) is 8.78 Å². The average Bonchev–Trinajstić information content (AvgIpc) is 2.35. The molecule has 0 radical (unpaired) electrons. The highest BCUT2D eigenvalue weighted by Crippen LogP contribution is 2.32. The fourth-order valence-electron chi connectivity index (χ4n) is 3.29. The molecule has 1 N–H and O–H groups in total. The van der Waals surface area contributed by atoms with E-state index in [4.69, 9.17) is 0 Å². The molecule has 2 unspecified atom stereocenters. The van der Waals surface area contributed by atoms with Gasteiger partial charge in [-0.3, -0.25) is 0 Å². The molecule has 21 heavy (non-hydrogen) atoms. The van der Waals surface area contributed by atoms with Crippen molar-refractivity contribution in [2.24, 2.45) is 11.8 Å². The Bertz CT molecular complexity index is 445. The highest BCUT2D eigenvalue weighted by atomic mass is 19.1. The van der Waals surface area contributed by atoms with Crippen LogP contribution in [0.3, 0.4) is 0 Å². The predicted octanol–water partition coefficient (Wildman–Crippen LogP) is 4.70. The van der Waals surface area contributed by atoms with Crippen molar-refractivity contribution in [3.05, 3.63) is 35.4 Å². The lowest BCUT2D eigenvalue weighted by Crippen LogP contribution is -2.41. The van der Waals surface area contributed by atoms with Gasteiger partial charge in [0.05, 0.1) is 0 Å². The van der Waals surface area contributed by atoms with E-state index in [1.165, 1.54) is 31.4 Å². The van der Waals surface area contributed by atoms with Crippen LogP contribution >= 0.6 is 0 Å². The van der Waals surface area contributed by atoms with Gasteiger partial charge < -0.3 is 5.32 Å². The van der Waals surface area contributed by atoms with Crippen molar-refractivity contribution in [3.8, 4) is 0 Å². The maximum absolute atomic E-state index is 13.3. The zero-order valence-corrected chi connectivity index (χ0v) is 13.4. The van der Waals surface area contributed by atoms with E-state index in [1.54, 1.807) is 0 Å². The molecule has 0 bridgehead atoms. The van der Waals surface area contributed by atoms with Crippen molar-refractivity contribution < 1.29 is 8.78 Å². The topological polar surface area (TPSA) is 12.0 Å². The van der Waals surface area contributed by atoms with Crippen molar-refractivity contribution in [1.29, 1.82) is 0 Å². The van der Waals surface area contributed by atoms with E-state index >= 15 is 0 Å². The number of hydrogen-bond donors (Lipinski definition) is 1. The number of halogens is 2. The summed E-state index contributed by atoms with van der Waals surface area (Å²) in [5, 5.41) is 3.58. The van der Waals surface area contributed by atoms with E-state index in [2.05, 4.69) is 26.1 Å². The fourth-order valence-corrected chi connectivity index (χ4v) is 3.29. The average molecular weight is 295 g/mol. The molecular formula is C18H27F2N. The van der Waals surface area contributed by atoms with Crippen molar-refractivity contribution in [2.75, 3.05) is 6.54 Å². The summed E-state index contributed by atoms with van der Waals surface area (Å²) in [5.74, 6) is 0.189. The lowest BCUT2D eigenvalue weighted by Gasteiger charge is -2.34. The Morgan fingerprint density at radius 2 is 1.57 bits per heavy atom. The van der Waals surface area contributed by atoms with Crippen LogP contribution in [-0.4, -0.2) is 12.1 Å². The largest absolute Gasteiger partial charge is 0.312 e. The molecule has 1 nitrogen and oxygen atoms in total. The third kappa shape index (κ3) is 5.39. The van der Waals surface area contributed by atoms with Gasteiger partial charge in [-0.1, -0.05) is 12.8 Å². The first-order valence-electron chi connectivity index (χ1n) is 8.03. The Balaban J connectivity index is 2.01. The summed E-state index contributed by atoms with van der Waals surface area (Å²) in [6.07, 6.45) is 5.66. The van der Waals surface area contributed by atoms with Gasteiger partial charge in [-0.25, -0.2) is 8.78 Å². The molecule has 2 rings (SSSR count). The molecule has 0 spiro atoms. The summed E-state index contributed by atoms with van der Waals surface area (Å²) in [7, 11) is 0. The zero-order valence-electron chi connectivity index (χ0n) is 13.4. The maximum Gasteiger partial charge on any atom is 0.126 e. The molecule has 1 aliphatic rings. The van der Waals surface area contributed by atoms with Crippen molar-refractivity contribution >= 4 is 0 Å².